The van der Waals surface area contributed by atoms with E-state index >= 15 is 0 Å². The summed E-state index contributed by atoms with van der Waals surface area (Å²) < 4.78 is 1.63. The molecule has 0 unspecified atom stereocenters. The van der Waals surface area contributed by atoms with Gasteiger partial charge >= 0.3 is 0 Å². The number of hydrogen-bond acceptors (Lipinski definition) is 4. The number of nitriles is 1. The van der Waals surface area contributed by atoms with E-state index in [1.54, 1.807) is 47.1 Å². The maximum Gasteiger partial charge on any atom is 0.280 e. The molecule has 0 aliphatic rings. The smallest absolute Gasteiger partial charge is 0.280 e. The maximum absolute atomic E-state index is 12.5. The van der Waals surface area contributed by atoms with Crippen LogP contribution in [0.5, 0.6) is 0 Å². The number of aromatic nitrogens is 2. The Morgan fingerprint density at radius 3 is 2.58 bits per heavy atom. The van der Waals surface area contributed by atoms with Crippen LogP contribution < -0.4 is 10.7 Å². The van der Waals surface area contributed by atoms with E-state index in [1.165, 1.54) is 0 Å². The molecule has 2 aromatic carbocycles. The van der Waals surface area contributed by atoms with Crippen LogP contribution in [-0.2, 0) is 6.54 Å². The van der Waals surface area contributed by atoms with E-state index in [0.717, 1.165) is 0 Å². The van der Waals surface area contributed by atoms with E-state index < -0.39 is 11.3 Å². The second-order valence-corrected chi connectivity index (χ2v) is 5.15. The van der Waals surface area contributed by atoms with Gasteiger partial charge in [-0.15, -0.1) is 0 Å². The van der Waals surface area contributed by atoms with Crippen molar-refractivity contribution in [1.82, 2.24) is 9.78 Å². The number of carbonyl (C=O) groups is 1. The topological polar surface area (TPSA) is 87.8 Å². The molecule has 0 spiro atoms. The van der Waals surface area contributed by atoms with Crippen LogP contribution in [0.1, 0.15) is 23.0 Å². The van der Waals surface area contributed by atoms with Crippen LogP contribution in [0.4, 0.5) is 5.69 Å². The van der Waals surface area contributed by atoms with Gasteiger partial charge in [0.1, 0.15) is 0 Å². The number of nitrogens with zero attached hydrogens (tertiary/aromatic N) is 3. The minimum absolute atomic E-state index is 0.153. The Labute approximate surface area is 138 Å². The Bertz CT molecular complexity index is 1010. The predicted molar refractivity (Wildman–Crippen MR) is 90.8 cm³/mol. The number of carbonyl (C=O) groups excluding carboxylic acids is 1. The molecule has 0 saturated heterocycles. The molecule has 0 saturated carbocycles. The zero-order chi connectivity index (χ0) is 17.1. The van der Waals surface area contributed by atoms with Crippen molar-refractivity contribution in [3.05, 3.63) is 70.0 Å². The Morgan fingerprint density at radius 1 is 1.21 bits per heavy atom. The number of para-hydroxylation sites is 1. The highest BCUT2D eigenvalue weighted by molar-refractivity contribution is 6.04. The van der Waals surface area contributed by atoms with E-state index in [-0.39, 0.29) is 5.69 Å². The number of nitrogens with one attached hydrogen (secondary N) is 1. The molecule has 1 N–H and O–H groups in total. The molecular formula is C18H14N4O2. The summed E-state index contributed by atoms with van der Waals surface area (Å²) in [5.74, 6) is -0.572. The fourth-order valence-corrected chi connectivity index (χ4v) is 2.45. The number of hydrogen-bond donors (Lipinski definition) is 1. The van der Waals surface area contributed by atoms with Crippen molar-refractivity contribution in [2.24, 2.45) is 0 Å². The van der Waals surface area contributed by atoms with E-state index in [4.69, 9.17) is 5.26 Å². The Balaban J connectivity index is 2.02. The lowest BCUT2D eigenvalue weighted by atomic mass is 10.2. The molecule has 0 bridgehead atoms. The van der Waals surface area contributed by atoms with Gasteiger partial charge < -0.3 is 5.32 Å². The average molecular weight is 318 g/mol. The van der Waals surface area contributed by atoms with Gasteiger partial charge in [0.05, 0.1) is 17.1 Å². The van der Waals surface area contributed by atoms with Crippen LogP contribution in [0, 0.1) is 11.3 Å². The highest BCUT2D eigenvalue weighted by Crippen LogP contribution is 2.12. The molecule has 0 fully saturated rings. The second-order valence-electron chi connectivity index (χ2n) is 5.15. The molecule has 3 aromatic rings. The van der Waals surface area contributed by atoms with Crippen molar-refractivity contribution in [1.29, 1.82) is 5.26 Å². The summed E-state index contributed by atoms with van der Waals surface area (Å²) in [7, 11) is 0. The van der Waals surface area contributed by atoms with Crippen LogP contribution in [0.15, 0.2) is 53.3 Å². The first-order valence-electron chi connectivity index (χ1n) is 7.45. The number of benzene rings is 2. The van der Waals surface area contributed by atoms with Gasteiger partial charge in [-0.3, -0.25) is 14.3 Å². The normalized spacial score (nSPS) is 10.3. The molecule has 1 aromatic heterocycles. The average Bonchev–Trinajstić information content (AvgIpc) is 2.63. The van der Waals surface area contributed by atoms with Crippen LogP contribution in [0.3, 0.4) is 0 Å². The largest absolute Gasteiger partial charge is 0.320 e. The minimum atomic E-state index is -0.572. The van der Waals surface area contributed by atoms with E-state index in [9.17, 15) is 9.59 Å². The van der Waals surface area contributed by atoms with Gasteiger partial charge in [0.25, 0.3) is 5.91 Å². The summed E-state index contributed by atoms with van der Waals surface area (Å²) in [4.78, 5) is 25.0. The van der Waals surface area contributed by atoms with Crippen molar-refractivity contribution < 1.29 is 4.79 Å². The lowest BCUT2D eigenvalue weighted by molar-refractivity contribution is 0.101. The van der Waals surface area contributed by atoms with Crippen molar-refractivity contribution in [3.8, 4) is 6.07 Å². The van der Waals surface area contributed by atoms with Crippen LogP contribution in [-0.4, -0.2) is 15.7 Å². The third kappa shape index (κ3) is 2.75. The van der Waals surface area contributed by atoms with Gasteiger partial charge in [0, 0.05) is 17.6 Å². The fraction of sp³-hybridized carbons (Fsp3) is 0.111. The van der Waals surface area contributed by atoms with Crippen molar-refractivity contribution in [2.75, 3.05) is 5.32 Å². The van der Waals surface area contributed by atoms with Gasteiger partial charge in [0.15, 0.2) is 5.69 Å². The summed E-state index contributed by atoms with van der Waals surface area (Å²) in [6.45, 7) is 2.43. The Hall–Kier alpha value is -3.46. The van der Waals surface area contributed by atoms with E-state index in [0.29, 0.717) is 28.7 Å². The number of fused-ring (bicyclic) bond motifs is 1. The number of rotatable bonds is 3. The molecule has 0 aliphatic heterocycles. The van der Waals surface area contributed by atoms with Crippen molar-refractivity contribution in [2.45, 2.75) is 13.5 Å². The summed E-state index contributed by atoms with van der Waals surface area (Å²) in [6, 6.07) is 15.5. The quantitative estimate of drug-likeness (QED) is 0.804. The van der Waals surface area contributed by atoms with E-state index in [2.05, 4.69) is 10.4 Å². The van der Waals surface area contributed by atoms with E-state index in [1.807, 2.05) is 19.1 Å². The summed E-state index contributed by atoms with van der Waals surface area (Å²) in [6.07, 6.45) is 0. The van der Waals surface area contributed by atoms with Gasteiger partial charge in [0.2, 0.25) is 5.43 Å². The second kappa shape index (κ2) is 6.34. The molecule has 3 rings (SSSR count). The SMILES string of the molecule is CCn1nc(C(=O)Nc2ccc(C#N)cc2)c(=O)c2ccccc21. The van der Waals surface area contributed by atoms with Gasteiger partial charge in [-0.1, -0.05) is 12.1 Å². The Kier molecular flexibility index (Phi) is 4.08. The standard InChI is InChI=1S/C18H14N4O2/c1-2-22-15-6-4-3-5-14(15)17(23)16(21-22)18(24)20-13-9-7-12(11-19)8-10-13/h3-10H,2H2,1H3,(H,20,24). The van der Waals surface area contributed by atoms with Gasteiger partial charge in [-0.05, 0) is 43.3 Å². The van der Waals surface area contributed by atoms with Crippen LogP contribution >= 0.6 is 0 Å². The number of amides is 1. The van der Waals surface area contributed by atoms with Crippen molar-refractivity contribution in [3.63, 3.8) is 0 Å². The van der Waals surface area contributed by atoms with Gasteiger partial charge in [-0.2, -0.15) is 10.4 Å². The molecule has 0 aliphatic carbocycles. The van der Waals surface area contributed by atoms with Crippen molar-refractivity contribution >= 4 is 22.5 Å². The third-order valence-corrected chi connectivity index (χ3v) is 3.65. The number of aryl methyl sites for hydroxylation is 1. The zero-order valence-electron chi connectivity index (χ0n) is 13.0. The Morgan fingerprint density at radius 2 is 1.92 bits per heavy atom. The molecule has 24 heavy (non-hydrogen) atoms. The highest BCUT2D eigenvalue weighted by Gasteiger charge is 2.17. The summed E-state index contributed by atoms with van der Waals surface area (Å²) in [5.41, 5.74) is 1.13. The molecule has 0 radical (unpaired) electrons. The monoisotopic (exact) mass is 318 g/mol. The maximum atomic E-state index is 12.5. The first-order valence-corrected chi connectivity index (χ1v) is 7.45. The van der Waals surface area contributed by atoms with Gasteiger partial charge in [-0.25, -0.2) is 0 Å². The lowest BCUT2D eigenvalue weighted by Gasteiger charge is -2.10. The highest BCUT2D eigenvalue weighted by atomic mass is 16.2. The minimum Gasteiger partial charge on any atom is -0.320 e. The number of anilines is 1. The summed E-state index contributed by atoms with van der Waals surface area (Å²) >= 11 is 0. The fourth-order valence-electron chi connectivity index (χ4n) is 2.45. The molecule has 1 heterocycles. The molecule has 6 heteroatoms. The lowest BCUT2D eigenvalue weighted by Crippen LogP contribution is -2.27. The molecular weight excluding hydrogens is 304 g/mol. The molecule has 6 nitrogen and oxygen atoms in total. The summed E-state index contributed by atoms with van der Waals surface area (Å²) in [5, 5.41) is 16.1. The first-order chi connectivity index (χ1) is 11.6. The van der Waals surface area contributed by atoms with Crippen LogP contribution in [0.25, 0.3) is 10.9 Å². The van der Waals surface area contributed by atoms with Crippen LogP contribution in [0.2, 0.25) is 0 Å². The molecule has 0 atom stereocenters. The third-order valence-electron chi connectivity index (χ3n) is 3.65. The molecule has 1 amide bonds. The first kappa shape index (κ1) is 15.4. The predicted octanol–water partition coefficient (Wildman–Crippen LogP) is 2.54. The zero-order valence-corrected chi connectivity index (χ0v) is 13.0. The molecule has 118 valence electrons.